The van der Waals surface area contributed by atoms with E-state index in [-0.39, 0.29) is 18.2 Å². The number of nitrogens with zero attached hydrogens (tertiary/aromatic N) is 1. The number of alkyl halides is 3. The lowest BCUT2D eigenvalue weighted by Gasteiger charge is -2.37. The van der Waals surface area contributed by atoms with Crippen molar-refractivity contribution in [1.29, 1.82) is 0 Å². The minimum absolute atomic E-state index is 0.0246. The number of halogens is 4. The summed E-state index contributed by atoms with van der Waals surface area (Å²) in [6.07, 6.45) is -4.60. The number of hydrogen-bond donors (Lipinski definition) is 1. The minimum atomic E-state index is -4.58. The first kappa shape index (κ1) is 16.2. The molecule has 21 heavy (non-hydrogen) atoms. The van der Waals surface area contributed by atoms with Gasteiger partial charge in [-0.1, -0.05) is 0 Å². The second-order valence-corrected chi connectivity index (χ2v) is 5.20. The Labute approximate surface area is 120 Å². The minimum Gasteiger partial charge on any atom is -0.376 e. The van der Waals surface area contributed by atoms with E-state index >= 15 is 0 Å². The highest BCUT2D eigenvalue weighted by Gasteiger charge is 2.33. The summed E-state index contributed by atoms with van der Waals surface area (Å²) < 4.78 is 57.3. The Morgan fingerprint density at radius 2 is 2.10 bits per heavy atom. The zero-order valence-corrected chi connectivity index (χ0v) is 11.7. The molecule has 0 bridgehead atoms. The van der Waals surface area contributed by atoms with E-state index in [4.69, 9.17) is 10.5 Å². The topological polar surface area (TPSA) is 38.5 Å². The van der Waals surface area contributed by atoms with Crippen LogP contribution in [0.15, 0.2) is 18.2 Å². The summed E-state index contributed by atoms with van der Waals surface area (Å²) in [7, 11) is 0. The van der Waals surface area contributed by atoms with E-state index in [2.05, 4.69) is 0 Å². The van der Waals surface area contributed by atoms with Gasteiger partial charge >= 0.3 is 6.18 Å². The smallest absolute Gasteiger partial charge is 0.376 e. The van der Waals surface area contributed by atoms with Crippen LogP contribution in [0.3, 0.4) is 0 Å². The zero-order valence-electron chi connectivity index (χ0n) is 11.7. The Bertz CT molecular complexity index is 492. The van der Waals surface area contributed by atoms with Gasteiger partial charge in [0.2, 0.25) is 0 Å². The summed E-state index contributed by atoms with van der Waals surface area (Å²) in [5.74, 6) is -0.903. The average Bonchev–Trinajstić information content (AvgIpc) is 2.38. The lowest BCUT2D eigenvalue weighted by Crippen LogP contribution is -2.45. The summed E-state index contributed by atoms with van der Waals surface area (Å²) in [5.41, 5.74) is 4.96. The van der Waals surface area contributed by atoms with E-state index in [0.717, 1.165) is 12.1 Å². The molecule has 1 aliphatic rings. The number of nitrogens with two attached hydrogens (primary N) is 1. The monoisotopic (exact) mass is 306 g/mol. The van der Waals surface area contributed by atoms with E-state index in [9.17, 15) is 17.6 Å². The Kier molecular flexibility index (Phi) is 4.85. The molecule has 1 aromatic rings. The molecule has 7 heteroatoms. The average molecular weight is 306 g/mol. The van der Waals surface area contributed by atoms with Gasteiger partial charge in [0.25, 0.3) is 0 Å². The van der Waals surface area contributed by atoms with Crippen molar-refractivity contribution in [2.75, 3.05) is 26.2 Å². The molecule has 0 aromatic heterocycles. The molecule has 2 atom stereocenters. The van der Waals surface area contributed by atoms with Gasteiger partial charge in [-0.25, -0.2) is 4.39 Å². The number of morpholine rings is 1. The van der Waals surface area contributed by atoms with E-state index in [1.165, 1.54) is 0 Å². The highest BCUT2D eigenvalue weighted by atomic mass is 19.4. The van der Waals surface area contributed by atoms with Crippen molar-refractivity contribution in [3.63, 3.8) is 0 Å². The highest BCUT2D eigenvalue weighted by Crippen LogP contribution is 2.33. The highest BCUT2D eigenvalue weighted by molar-refractivity contribution is 5.29. The third kappa shape index (κ3) is 3.93. The van der Waals surface area contributed by atoms with Crippen molar-refractivity contribution in [2.24, 2.45) is 5.73 Å². The fourth-order valence-electron chi connectivity index (χ4n) is 2.59. The van der Waals surface area contributed by atoms with E-state index < -0.39 is 23.6 Å². The molecule has 1 heterocycles. The summed E-state index contributed by atoms with van der Waals surface area (Å²) in [6.45, 7) is 3.60. The number of rotatable bonds is 3. The maximum Gasteiger partial charge on any atom is 0.416 e. The molecule has 1 fully saturated rings. The molecule has 118 valence electrons. The summed E-state index contributed by atoms with van der Waals surface area (Å²) in [5, 5.41) is 0. The molecule has 2 unspecified atom stereocenters. The van der Waals surface area contributed by atoms with Crippen LogP contribution in [0, 0.1) is 5.82 Å². The first-order valence-electron chi connectivity index (χ1n) is 6.74. The third-order valence-electron chi connectivity index (χ3n) is 3.57. The van der Waals surface area contributed by atoms with Crippen LogP contribution in [-0.2, 0) is 10.9 Å². The third-order valence-corrected chi connectivity index (χ3v) is 3.57. The molecule has 0 radical (unpaired) electrons. The van der Waals surface area contributed by atoms with Crippen LogP contribution in [0.5, 0.6) is 0 Å². The summed E-state index contributed by atoms with van der Waals surface area (Å²) in [6, 6.07) is 2.14. The summed E-state index contributed by atoms with van der Waals surface area (Å²) in [4.78, 5) is 1.93. The van der Waals surface area contributed by atoms with Gasteiger partial charge in [-0.3, -0.25) is 4.90 Å². The van der Waals surface area contributed by atoms with Crippen LogP contribution in [-0.4, -0.2) is 37.2 Å². The maximum absolute atomic E-state index is 13.5. The fourth-order valence-corrected chi connectivity index (χ4v) is 2.59. The van der Waals surface area contributed by atoms with Gasteiger partial charge in [0.1, 0.15) is 5.82 Å². The number of benzene rings is 1. The normalized spacial score (nSPS) is 22.3. The second kappa shape index (κ2) is 6.29. The van der Waals surface area contributed by atoms with Crippen molar-refractivity contribution in [3.8, 4) is 0 Å². The molecule has 2 N–H and O–H groups in total. The molecule has 3 nitrogen and oxygen atoms in total. The standard InChI is InChI=1S/C14H18F4N2O/c1-9-8-20(2-3-21-9)13(7-19)10-4-11(14(16,17)18)6-12(15)5-10/h4-6,9,13H,2-3,7-8,19H2,1H3. The Hall–Kier alpha value is -1.18. The van der Waals surface area contributed by atoms with Crippen molar-refractivity contribution in [2.45, 2.75) is 25.2 Å². The van der Waals surface area contributed by atoms with Gasteiger partial charge in [0, 0.05) is 25.7 Å². The molecule has 0 amide bonds. The van der Waals surface area contributed by atoms with Crippen molar-refractivity contribution in [1.82, 2.24) is 4.90 Å². The summed E-state index contributed by atoms with van der Waals surface area (Å²) >= 11 is 0. The van der Waals surface area contributed by atoms with Crippen LogP contribution in [0.2, 0.25) is 0 Å². The van der Waals surface area contributed by atoms with Gasteiger partial charge in [0.05, 0.1) is 18.3 Å². The Morgan fingerprint density at radius 3 is 2.67 bits per heavy atom. The fraction of sp³-hybridized carbons (Fsp3) is 0.571. The van der Waals surface area contributed by atoms with Gasteiger partial charge in [-0.2, -0.15) is 13.2 Å². The molecular formula is C14H18F4N2O. The molecule has 2 rings (SSSR count). The predicted molar refractivity (Wildman–Crippen MR) is 70.2 cm³/mol. The molecule has 0 spiro atoms. The molecule has 1 saturated heterocycles. The van der Waals surface area contributed by atoms with E-state index in [0.29, 0.717) is 25.8 Å². The lowest BCUT2D eigenvalue weighted by atomic mass is 10.0. The lowest BCUT2D eigenvalue weighted by molar-refractivity contribution is -0.137. The Morgan fingerprint density at radius 1 is 1.38 bits per heavy atom. The maximum atomic E-state index is 13.5. The van der Waals surface area contributed by atoms with Crippen LogP contribution in [0.25, 0.3) is 0 Å². The SMILES string of the molecule is CC1CN(C(CN)c2cc(F)cc(C(F)(F)F)c2)CCO1. The molecule has 0 saturated carbocycles. The number of hydrogen-bond acceptors (Lipinski definition) is 3. The first-order valence-corrected chi connectivity index (χ1v) is 6.74. The predicted octanol–water partition coefficient (Wildman–Crippen LogP) is 2.57. The number of ether oxygens (including phenoxy) is 1. The van der Waals surface area contributed by atoms with Crippen molar-refractivity contribution in [3.05, 3.63) is 35.1 Å². The van der Waals surface area contributed by atoms with Gasteiger partial charge in [-0.05, 0) is 30.7 Å². The van der Waals surface area contributed by atoms with Crippen LogP contribution >= 0.6 is 0 Å². The Balaban J connectivity index is 2.31. The second-order valence-electron chi connectivity index (χ2n) is 5.20. The molecule has 1 aromatic carbocycles. The van der Waals surface area contributed by atoms with Gasteiger partial charge in [0.15, 0.2) is 0 Å². The van der Waals surface area contributed by atoms with Gasteiger partial charge in [-0.15, -0.1) is 0 Å². The molecule has 1 aliphatic heterocycles. The van der Waals surface area contributed by atoms with E-state index in [1.54, 1.807) is 0 Å². The van der Waals surface area contributed by atoms with Crippen LogP contribution in [0.4, 0.5) is 17.6 Å². The zero-order chi connectivity index (χ0) is 15.6. The quantitative estimate of drug-likeness (QED) is 0.872. The van der Waals surface area contributed by atoms with Crippen LogP contribution in [0.1, 0.15) is 24.1 Å². The van der Waals surface area contributed by atoms with Crippen molar-refractivity contribution >= 4 is 0 Å². The van der Waals surface area contributed by atoms with Crippen LogP contribution < -0.4 is 5.73 Å². The van der Waals surface area contributed by atoms with E-state index in [1.807, 2.05) is 11.8 Å². The molecular weight excluding hydrogens is 288 g/mol. The largest absolute Gasteiger partial charge is 0.416 e. The molecule has 0 aliphatic carbocycles. The van der Waals surface area contributed by atoms with Crippen molar-refractivity contribution < 1.29 is 22.3 Å². The first-order chi connectivity index (χ1) is 9.81. The van der Waals surface area contributed by atoms with Gasteiger partial charge < -0.3 is 10.5 Å².